The summed E-state index contributed by atoms with van der Waals surface area (Å²) in [7, 11) is 0. The van der Waals surface area contributed by atoms with E-state index in [0.29, 0.717) is 11.4 Å². The molecule has 3 aromatic rings. The van der Waals surface area contributed by atoms with Gasteiger partial charge in [0, 0.05) is 6.20 Å². The number of nitrogens with zero attached hydrogens (tertiary/aromatic N) is 3. The molecule has 16 heavy (non-hydrogen) atoms. The summed E-state index contributed by atoms with van der Waals surface area (Å²) >= 11 is 3.41. The van der Waals surface area contributed by atoms with E-state index >= 15 is 0 Å². The molecule has 0 fully saturated rings. The molecule has 0 atom stereocenters. The minimum absolute atomic E-state index is 0.708. The van der Waals surface area contributed by atoms with E-state index in [1.807, 2.05) is 30.3 Å². The molecule has 3 rings (SSSR count). The van der Waals surface area contributed by atoms with Crippen molar-refractivity contribution >= 4 is 26.9 Å². The zero-order chi connectivity index (χ0) is 11.0. The summed E-state index contributed by atoms with van der Waals surface area (Å²) in [5.41, 5.74) is 2.15. The number of hydrogen-bond acceptors (Lipinski definition) is 4. The van der Waals surface area contributed by atoms with Crippen LogP contribution < -0.4 is 0 Å². The summed E-state index contributed by atoms with van der Waals surface area (Å²) in [6.07, 6.45) is 1.63. The molecule has 0 saturated heterocycles. The smallest absolute Gasteiger partial charge is 0.181 e. The summed E-state index contributed by atoms with van der Waals surface area (Å²) < 4.78 is 6.15. The standard InChI is InChI=1S/C11H6BrN3O/c12-8-4-1-3-7-10(15-16-11(7)8)9-5-2-6-13-14-9/h1-6H. The Morgan fingerprint density at radius 1 is 1.12 bits per heavy atom. The summed E-state index contributed by atoms with van der Waals surface area (Å²) in [4.78, 5) is 0. The van der Waals surface area contributed by atoms with E-state index < -0.39 is 0 Å². The molecule has 2 aromatic heterocycles. The number of benzene rings is 1. The zero-order valence-electron chi connectivity index (χ0n) is 8.09. The fourth-order valence-electron chi connectivity index (χ4n) is 1.54. The highest BCUT2D eigenvalue weighted by atomic mass is 79.9. The van der Waals surface area contributed by atoms with Crippen molar-refractivity contribution in [2.45, 2.75) is 0 Å². The van der Waals surface area contributed by atoms with Crippen molar-refractivity contribution in [3.05, 3.63) is 41.0 Å². The topological polar surface area (TPSA) is 51.8 Å². The van der Waals surface area contributed by atoms with Crippen LogP contribution in [0.2, 0.25) is 0 Å². The lowest BCUT2D eigenvalue weighted by Crippen LogP contribution is -1.85. The lowest BCUT2D eigenvalue weighted by molar-refractivity contribution is 0.458. The van der Waals surface area contributed by atoms with Crippen LogP contribution in [0.1, 0.15) is 0 Å². The Bertz CT molecular complexity index is 636. The van der Waals surface area contributed by atoms with Crippen LogP contribution in [0.4, 0.5) is 0 Å². The average molecular weight is 276 g/mol. The van der Waals surface area contributed by atoms with Crippen LogP contribution in [-0.2, 0) is 0 Å². The Kier molecular flexibility index (Phi) is 2.18. The van der Waals surface area contributed by atoms with Gasteiger partial charge in [0.15, 0.2) is 5.58 Å². The van der Waals surface area contributed by atoms with Crippen molar-refractivity contribution in [3.8, 4) is 11.4 Å². The Hall–Kier alpha value is -1.75. The normalized spacial score (nSPS) is 10.8. The van der Waals surface area contributed by atoms with E-state index in [4.69, 9.17) is 4.52 Å². The number of fused-ring (bicyclic) bond motifs is 1. The SMILES string of the molecule is Brc1cccc2c(-c3cccnn3)noc12. The highest BCUT2D eigenvalue weighted by Crippen LogP contribution is 2.30. The molecular formula is C11H6BrN3O. The Morgan fingerprint density at radius 3 is 2.88 bits per heavy atom. The first-order valence-corrected chi connectivity index (χ1v) is 5.47. The van der Waals surface area contributed by atoms with E-state index in [9.17, 15) is 0 Å². The van der Waals surface area contributed by atoms with Crippen molar-refractivity contribution < 1.29 is 4.52 Å². The van der Waals surface area contributed by atoms with E-state index in [2.05, 4.69) is 31.3 Å². The maximum atomic E-state index is 5.27. The van der Waals surface area contributed by atoms with E-state index in [-0.39, 0.29) is 0 Å². The van der Waals surface area contributed by atoms with Crippen molar-refractivity contribution in [2.75, 3.05) is 0 Å². The Balaban J connectivity index is 2.30. The minimum atomic E-state index is 0.708. The van der Waals surface area contributed by atoms with Crippen LogP contribution in [0, 0.1) is 0 Å². The van der Waals surface area contributed by atoms with Crippen LogP contribution in [0.5, 0.6) is 0 Å². The van der Waals surface area contributed by atoms with Gasteiger partial charge in [-0.2, -0.15) is 5.10 Å². The van der Waals surface area contributed by atoms with Crippen LogP contribution in [0.15, 0.2) is 45.5 Å². The van der Waals surface area contributed by atoms with E-state index in [1.54, 1.807) is 6.20 Å². The molecule has 0 amide bonds. The first-order valence-electron chi connectivity index (χ1n) is 4.68. The third kappa shape index (κ3) is 1.40. The van der Waals surface area contributed by atoms with Crippen molar-refractivity contribution in [2.24, 2.45) is 0 Å². The molecule has 2 heterocycles. The number of halogens is 1. The quantitative estimate of drug-likeness (QED) is 0.685. The summed E-state index contributed by atoms with van der Waals surface area (Å²) in [6.45, 7) is 0. The van der Waals surface area contributed by atoms with Crippen LogP contribution >= 0.6 is 15.9 Å². The molecule has 0 aliphatic rings. The summed E-state index contributed by atoms with van der Waals surface area (Å²) in [5.74, 6) is 0. The van der Waals surface area contributed by atoms with Crippen molar-refractivity contribution in [1.82, 2.24) is 15.4 Å². The molecule has 5 heteroatoms. The zero-order valence-corrected chi connectivity index (χ0v) is 9.68. The molecule has 0 N–H and O–H groups in total. The fraction of sp³-hybridized carbons (Fsp3) is 0. The third-order valence-corrected chi connectivity index (χ3v) is 2.89. The van der Waals surface area contributed by atoms with Gasteiger partial charge in [-0.1, -0.05) is 11.2 Å². The average Bonchev–Trinajstić information content (AvgIpc) is 2.75. The minimum Gasteiger partial charge on any atom is -0.354 e. The largest absolute Gasteiger partial charge is 0.354 e. The van der Waals surface area contributed by atoms with Crippen LogP contribution in [0.3, 0.4) is 0 Å². The molecule has 0 aliphatic carbocycles. The molecule has 0 spiro atoms. The van der Waals surface area contributed by atoms with Gasteiger partial charge in [0.2, 0.25) is 0 Å². The van der Waals surface area contributed by atoms with Gasteiger partial charge in [-0.25, -0.2) is 0 Å². The van der Waals surface area contributed by atoms with Crippen LogP contribution in [0.25, 0.3) is 22.4 Å². The second kappa shape index (κ2) is 3.68. The molecule has 0 bridgehead atoms. The first kappa shape index (κ1) is 9.47. The molecule has 0 saturated carbocycles. The predicted molar refractivity (Wildman–Crippen MR) is 62.7 cm³/mol. The van der Waals surface area contributed by atoms with E-state index in [1.165, 1.54) is 0 Å². The maximum absolute atomic E-state index is 5.27. The second-order valence-corrected chi connectivity index (χ2v) is 4.11. The maximum Gasteiger partial charge on any atom is 0.181 e. The van der Waals surface area contributed by atoms with Crippen LogP contribution in [-0.4, -0.2) is 15.4 Å². The molecule has 1 aromatic carbocycles. The highest BCUT2D eigenvalue weighted by molar-refractivity contribution is 9.10. The fourth-order valence-corrected chi connectivity index (χ4v) is 1.98. The monoisotopic (exact) mass is 275 g/mol. The van der Waals surface area contributed by atoms with Gasteiger partial charge in [0.1, 0.15) is 11.4 Å². The third-order valence-electron chi connectivity index (χ3n) is 2.27. The van der Waals surface area contributed by atoms with Gasteiger partial charge in [-0.05, 0) is 40.2 Å². The van der Waals surface area contributed by atoms with Gasteiger partial charge in [0.05, 0.1) is 9.86 Å². The first-order chi connectivity index (χ1) is 7.86. The second-order valence-electron chi connectivity index (χ2n) is 3.26. The Morgan fingerprint density at radius 2 is 2.06 bits per heavy atom. The molecule has 4 nitrogen and oxygen atoms in total. The van der Waals surface area contributed by atoms with E-state index in [0.717, 1.165) is 15.4 Å². The molecule has 78 valence electrons. The van der Waals surface area contributed by atoms with Gasteiger partial charge in [-0.15, -0.1) is 5.10 Å². The lowest BCUT2D eigenvalue weighted by Gasteiger charge is -1.93. The molecule has 0 unspecified atom stereocenters. The molecular weight excluding hydrogens is 270 g/mol. The number of aromatic nitrogens is 3. The van der Waals surface area contributed by atoms with Crippen molar-refractivity contribution in [1.29, 1.82) is 0 Å². The lowest BCUT2D eigenvalue weighted by atomic mass is 10.2. The van der Waals surface area contributed by atoms with Gasteiger partial charge in [-0.3, -0.25) is 0 Å². The number of para-hydroxylation sites is 1. The number of rotatable bonds is 1. The van der Waals surface area contributed by atoms with Gasteiger partial charge in [0.25, 0.3) is 0 Å². The highest BCUT2D eigenvalue weighted by Gasteiger charge is 2.12. The Labute approximate surface area is 99.4 Å². The summed E-state index contributed by atoms with van der Waals surface area (Å²) in [6, 6.07) is 9.46. The predicted octanol–water partition coefficient (Wildman–Crippen LogP) is 3.05. The van der Waals surface area contributed by atoms with Gasteiger partial charge < -0.3 is 4.52 Å². The summed E-state index contributed by atoms with van der Waals surface area (Å²) in [5, 5.41) is 12.8. The van der Waals surface area contributed by atoms with Crippen molar-refractivity contribution in [3.63, 3.8) is 0 Å². The molecule has 0 aliphatic heterocycles. The molecule has 0 radical (unpaired) electrons. The number of hydrogen-bond donors (Lipinski definition) is 0. The van der Waals surface area contributed by atoms with Gasteiger partial charge >= 0.3 is 0 Å².